The topological polar surface area (TPSA) is 74.6 Å². The maximum atomic E-state index is 13.1. The SMILES string of the molecule is CC(C)[C@@H](C)C=C[C@@H](C)[C@H]1CC[C@]2(O)C3=CC(=O)C4=CC(=O)CC[C@]4(C)[C@@]3(O)CC[C@]12C. The molecule has 0 aliphatic heterocycles. The summed E-state index contributed by atoms with van der Waals surface area (Å²) in [6, 6.07) is 0. The van der Waals surface area contributed by atoms with Gasteiger partial charge in [-0.1, -0.05) is 53.7 Å². The van der Waals surface area contributed by atoms with Crippen molar-refractivity contribution in [2.24, 2.45) is 34.5 Å². The standard InChI is InChI=1S/C28H40O4/c1-17(2)18(3)7-8-19(4)21-10-12-27(31)24-16-23(30)22-15-20(29)9-11-25(22,5)28(24,32)14-13-26(21,27)6/h7-8,15-19,21,31-32H,9-14H2,1-6H3/t18-,19+,21+,25-,26+,27-,28+/m0/s1. The second-order valence-electron chi connectivity index (χ2n) is 11.9. The lowest BCUT2D eigenvalue weighted by Gasteiger charge is -2.61. The van der Waals surface area contributed by atoms with Crippen molar-refractivity contribution in [3.8, 4) is 0 Å². The molecule has 0 aromatic rings. The molecular weight excluding hydrogens is 400 g/mol. The van der Waals surface area contributed by atoms with Crippen molar-refractivity contribution in [2.75, 3.05) is 0 Å². The van der Waals surface area contributed by atoms with E-state index in [-0.39, 0.29) is 17.5 Å². The summed E-state index contributed by atoms with van der Waals surface area (Å²) >= 11 is 0. The highest BCUT2D eigenvalue weighted by molar-refractivity contribution is 6.12. The first kappa shape index (κ1) is 23.6. The second-order valence-corrected chi connectivity index (χ2v) is 11.9. The van der Waals surface area contributed by atoms with E-state index in [0.29, 0.717) is 61.0 Å². The molecule has 4 aliphatic carbocycles. The van der Waals surface area contributed by atoms with E-state index < -0.39 is 22.0 Å². The molecule has 176 valence electrons. The van der Waals surface area contributed by atoms with Crippen molar-refractivity contribution in [1.29, 1.82) is 0 Å². The van der Waals surface area contributed by atoms with Gasteiger partial charge in [-0.25, -0.2) is 0 Å². The molecule has 4 heteroatoms. The van der Waals surface area contributed by atoms with Crippen LogP contribution in [0.1, 0.15) is 80.1 Å². The van der Waals surface area contributed by atoms with Gasteiger partial charge >= 0.3 is 0 Å². The monoisotopic (exact) mass is 440 g/mol. The summed E-state index contributed by atoms with van der Waals surface area (Å²) < 4.78 is 0. The minimum absolute atomic E-state index is 0.0530. The first-order valence-corrected chi connectivity index (χ1v) is 12.5. The van der Waals surface area contributed by atoms with Gasteiger partial charge < -0.3 is 10.2 Å². The predicted molar refractivity (Wildman–Crippen MR) is 126 cm³/mol. The van der Waals surface area contributed by atoms with Crippen LogP contribution in [-0.2, 0) is 9.59 Å². The Kier molecular flexibility index (Phi) is 5.54. The van der Waals surface area contributed by atoms with Crippen LogP contribution in [0, 0.1) is 34.5 Å². The van der Waals surface area contributed by atoms with Crippen LogP contribution >= 0.6 is 0 Å². The van der Waals surface area contributed by atoms with Gasteiger partial charge in [-0.05, 0) is 73.5 Å². The summed E-state index contributed by atoms with van der Waals surface area (Å²) in [5.41, 5.74) is -2.80. The van der Waals surface area contributed by atoms with Crippen LogP contribution in [0.3, 0.4) is 0 Å². The third kappa shape index (κ3) is 3.01. The highest BCUT2D eigenvalue weighted by Crippen LogP contribution is 2.68. The fraction of sp³-hybridized carbons (Fsp3) is 0.714. The molecule has 0 amide bonds. The molecule has 0 bridgehead atoms. The van der Waals surface area contributed by atoms with Gasteiger partial charge in [-0.15, -0.1) is 0 Å². The summed E-state index contributed by atoms with van der Waals surface area (Å²) in [5, 5.41) is 24.3. The molecule has 0 aromatic heterocycles. The Morgan fingerprint density at radius 1 is 0.938 bits per heavy atom. The van der Waals surface area contributed by atoms with E-state index in [2.05, 4.69) is 46.8 Å². The van der Waals surface area contributed by atoms with Crippen LogP contribution in [0.5, 0.6) is 0 Å². The summed E-state index contributed by atoms with van der Waals surface area (Å²) in [7, 11) is 0. The van der Waals surface area contributed by atoms with Gasteiger partial charge in [0.15, 0.2) is 11.6 Å². The van der Waals surface area contributed by atoms with Crippen molar-refractivity contribution in [1.82, 2.24) is 0 Å². The highest BCUT2D eigenvalue weighted by atomic mass is 16.3. The molecule has 2 fully saturated rings. The maximum Gasteiger partial charge on any atom is 0.182 e. The van der Waals surface area contributed by atoms with Gasteiger partial charge in [0, 0.05) is 22.8 Å². The lowest BCUT2D eigenvalue weighted by atomic mass is 9.46. The van der Waals surface area contributed by atoms with E-state index in [1.807, 2.05) is 6.92 Å². The summed E-state index contributed by atoms with van der Waals surface area (Å²) in [5.74, 6) is 1.40. The molecular formula is C28H40O4. The fourth-order valence-corrected chi connectivity index (χ4v) is 7.27. The number of aliphatic hydroxyl groups is 2. The number of rotatable bonds is 4. The van der Waals surface area contributed by atoms with Crippen LogP contribution in [0.15, 0.2) is 35.5 Å². The maximum absolute atomic E-state index is 13.1. The van der Waals surface area contributed by atoms with E-state index >= 15 is 0 Å². The van der Waals surface area contributed by atoms with Crippen molar-refractivity contribution >= 4 is 11.6 Å². The number of allylic oxidation sites excluding steroid dienone is 4. The summed E-state index contributed by atoms with van der Waals surface area (Å²) in [6.45, 7) is 13.0. The Labute approximate surface area is 192 Å². The van der Waals surface area contributed by atoms with Crippen molar-refractivity contribution in [3.05, 3.63) is 35.5 Å². The van der Waals surface area contributed by atoms with E-state index in [9.17, 15) is 19.8 Å². The van der Waals surface area contributed by atoms with Gasteiger partial charge in [-0.3, -0.25) is 9.59 Å². The fourth-order valence-electron chi connectivity index (χ4n) is 7.27. The van der Waals surface area contributed by atoms with Gasteiger partial charge in [-0.2, -0.15) is 0 Å². The van der Waals surface area contributed by atoms with Crippen LogP contribution < -0.4 is 0 Å². The second kappa shape index (κ2) is 7.50. The number of hydrogen-bond donors (Lipinski definition) is 2. The summed E-state index contributed by atoms with van der Waals surface area (Å²) in [4.78, 5) is 25.2. The Balaban J connectivity index is 1.73. The third-order valence-electron chi connectivity index (χ3n) is 10.1. The van der Waals surface area contributed by atoms with Crippen molar-refractivity contribution < 1.29 is 19.8 Å². The van der Waals surface area contributed by atoms with Crippen LogP contribution in [-0.4, -0.2) is 33.0 Å². The van der Waals surface area contributed by atoms with Gasteiger partial charge in [0.1, 0.15) is 0 Å². The zero-order valence-electron chi connectivity index (χ0n) is 20.6. The molecule has 2 saturated carbocycles. The number of ketones is 2. The Hall–Kier alpha value is -1.52. The minimum Gasteiger partial charge on any atom is -0.385 e. The smallest absolute Gasteiger partial charge is 0.182 e. The number of carbonyl (C=O) groups excluding carboxylic acids is 2. The summed E-state index contributed by atoms with van der Waals surface area (Å²) in [6.07, 6.45) is 10.9. The molecule has 7 atom stereocenters. The van der Waals surface area contributed by atoms with Gasteiger partial charge in [0.25, 0.3) is 0 Å². The Morgan fingerprint density at radius 2 is 1.62 bits per heavy atom. The molecule has 0 aromatic carbocycles. The van der Waals surface area contributed by atoms with Crippen LogP contribution in [0.25, 0.3) is 0 Å². The van der Waals surface area contributed by atoms with Crippen molar-refractivity contribution in [2.45, 2.75) is 91.3 Å². The van der Waals surface area contributed by atoms with Crippen LogP contribution in [0.2, 0.25) is 0 Å². The Bertz CT molecular complexity index is 926. The zero-order chi connectivity index (χ0) is 23.7. The number of carbonyl (C=O) groups is 2. The number of fused-ring (bicyclic) bond motifs is 5. The minimum atomic E-state index is -1.29. The highest BCUT2D eigenvalue weighted by Gasteiger charge is 2.70. The third-order valence-corrected chi connectivity index (χ3v) is 10.1. The van der Waals surface area contributed by atoms with Crippen molar-refractivity contribution in [3.63, 3.8) is 0 Å². The quantitative estimate of drug-likeness (QED) is 0.607. The molecule has 0 spiro atoms. The van der Waals surface area contributed by atoms with E-state index in [4.69, 9.17) is 0 Å². The predicted octanol–water partition coefficient (Wildman–Crippen LogP) is 4.95. The van der Waals surface area contributed by atoms with Gasteiger partial charge in [0.2, 0.25) is 0 Å². The lowest BCUT2D eigenvalue weighted by molar-refractivity contribution is -0.158. The van der Waals surface area contributed by atoms with Gasteiger partial charge in [0.05, 0.1) is 11.2 Å². The first-order valence-electron chi connectivity index (χ1n) is 12.5. The normalized spacial score (nSPS) is 43.5. The number of hydrogen-bond acceptors (Lipinski definition) is 4. The average Bonchev–Trinajstić information content (AvgIpc) is 3.01. The van der Waals surface area contributed by atoms with E-state index in [0.717, 1.165) is 6.42 Å². The Morgan fingerprint density at radius 3 is 2.28 bits per heavy atom. The molecule has 32 heavy (non-hydrogen) atoms. The van der Waals surface area contributed by atoms with E-state index in [1.165, 1.54) is 12.2 Å². The molecule has 0 unspecified atom stereocenters. The molecule has 4 aliphatic rings. The zero-order valence-corrected chi connectivity index (χ0v) is 20.6. The lowest BCUT2D eigenvalue weighted by Crippen LogP contribution is -2.66. The van der Waals surface area contributed by atoms with Crippen LogP contribution in [0.4, 0.5) is 0 Å². The first-order chi connectivity index (χ1) is 14.8. The average molecular weight is 441 g/mol. The molecule has 0 saturated heterocycles. The molecule has 2 N–H and O–H groups in total. The van der Waals surface area contributed by atoms with E-state index in [1.54, 1.807) is 0 Å². The molecule has 4 nitrogen and oxygen atoms in total. The molecule has 0 radical (unpaired) electrons. The largest absolute Gasteiger partial charge is 0.385 e. The molecule has 0 heterocycles. The molecule has 4 rings (SSSR count).